The highest BCUT2D eigenvalue weighted by atomic mass is 79.9. The summed E-state index contributed by atoms with van der Waals surface area (Å²) in [5, 5.41) is 9.02. The van der Waals surface area contributed by atoms with Gasteiger partial charge in [0, 0.05) is 13.1 Å². The highest BCUT2D eigenvalue weighted by molar-refractivity contribution is 9.10. The molecule has 1 aliphatic rings. The second-order valence-electron chi connectivity index (χ2n) is 4.66. The molecule has 1 atom stereocenters. The molecule has 98 valence electrons. The Kier molecular flexibility index (Phi) is 4.35. The number of carboxylic acid groups (broad SMARTS) is 1. The van der Waals surface area contributed by atoms with Crippen molar-refractivity contribution in [3.63, 3.8) is 0 Å². The van der Waals surface area contributed by atoms with E-state index in [9.17, 15) is 9.18 Å². The van der Waals surface area contributed by atoms with Crippen molar-refractivity contribution in [3.05, 3.63) is 34.1 Å². The fourth-order valence-electron chi connectivity index (χ4n) is 2.30. The smallest absolute Gasteiger partial charge is 0.307 e. The van der Waals surface area contributed by atoms with Crippen molar-refractivity contribution in [1.29, 1.82) is 0 Å². The molecule has 1 fully saturated rings. The molecule has 0 unspecified atom stereocenters. The fourth-order valence-corrected chi connectivity index (χ4v) is 2.72. The highest BCUT2D eigenvalue weighted by Gasteiger charge is 2.25. The molecule has 0 aromatic heterocycles. The number of hydrogen-bond donors (Lipinski definition) is 1. The first-order chi connectivity index (χ1) is 8.56. The molecule has 5 heteroatoms. The Balaban J connectivity index is 2.00. The summed E-state index contributed by atoms with van der Waals surface area (Å²) < 4.78 is 13.6. The molecule has 2 rings (SSSR count). The van der Waals surface area contributed by atoms with Gasteiger partial charge in [0.05, 0.1) is 10.4 Å². The van der Waals surface area contributed by atoms with Gasteiger partial charge in [-0.15, -0.1) is 0 Å². The lowest BCUT2D eigenvalue weighted by molar-refractivity contribution is -0.143. The van der Waals surface area contributed by atoms with Crippen LogP contribution in [-0.4, -0.2) is 29.1 Å². The van der Waals surface area contributed by atoms with Gasteiger partial charge in [0.1, 0.15) is 5.82 Å². The monoisotopic (exact) mass is 315 g/mol. The van der Waals surface area contributed by atoms with Crippen molar-refractivity contribution in [1.82, 2.24) is 4.90 Å². The number of halogens is 2. The van der Waals surface area contributed by atoms with Crippen molar-refractivity contribution in [2.24, 2.45) is 5.92 Å². The molecule has 3 nitrogen and oxygen atoms in total. The van der Waals surface area contributed by atoms with Crippen LogP contribution in [-0.2, 0) is 11.3 Å². The number of hydrogen-bond acceptors (Lipinski definition) is 2. The molecule has 0 amide bonds. The summed E-state index contributed by atoms with van der Waals surface area (Å²) in [6.07, 6.45) is 1.65. The van der Waals surface area contributed by atoms with Crippen molar-refractivity contribution >= 4 is 21.9 Å². The first-order valence-electron chi connectivity index (χ1n) is 5.95. The third kappa shape index (κ3) is 3.29. The van der Waals surface area contributed by atoms with Crippen molar-refractivity contribution in [2.75, 3.05) is 13.1 Å². The zero-order valence-corrected chi connectivity index (χ0v) is 11.5. The molecule has 1 N–H and O–H groups in total. The molecule has 1 heterocycles. The van der Waals surface area contributed by atoms with E-state index in [1.807, 2.05) is 0 Å². The van der Waals surface area contributed by atoms with Crippen LogP contribution in [0.25, 0.3) is 0 Å². The summed E-state index contributed by atoms with van der Waals surface area (Å²) >= 11 is 3.16. The van der Waals surface area contributed by atoms with Crippen LogP contribution >= 0.6 is 15.9 Å². The number of carbonyl (C=O) groups is 1. The molecule has 1 aliphatic heterocycles. The molecule has 1 saturated heterocycles. The highest BCUT2D eigenvalue weighted by Crippen LogP contribution is 2.21. The molecule has 0 radical (unpaired) electrons. The van der Waals surface area contributed by atoms with Crippen molar-refractivity contribution < 1.29 is 14.3 Å². The number of aliphatic carboxylic acids is 1. The van der Waals surface area contributed by atoms with E-state index in [1.165, 1.54) is 6.07 Å². The molecule has 0 bridgehead atoms. The summed E-state index contributed by atoms with van der Waals surface area (Å²) in [7, 11) is 0. The Morgan fingerprint density at radius 2 is 2.33 bits per heavy atom. The van der Waals surface area contributed by atoms with E-state index in [0.29, 0.717) is 17.6 Å². The summed E-state index contributed by atoms with van der Waals surface area (Å²) in [4.78, 5) is 13.1. The predicted molar refractivity (Wildman–Crippen MR) is 69.7 cm³/mol. The number of likely N-dealkylation sites (tertiary alicyclic amines) is 1. The van der Waals surface area contributed by atoms with Gasteiger partial charge < -0.3 is 5.11 Å². The van der Waals surface area contributed by atoms with E-state index in [4.69, 9.17) is 5.11 Å². The largest absolute Gasteiger partial charge is 0.481 e. The molecule has 0 spiro atoms. The quantitative estimate of drug-likeness (QED) is 0.932. The van der Waals surface area contributed by atoms with Crippen LogP contribution in [0.2, 0.25) is 0 Å². The van der Waals surface area contributed by atoms with Crippen LogP contribution < -0.4 is 0 Å². The Morgan fingerprint density at radius 3 is 3.00 bits per heavy atom. The van der Waals surface area contributed by atoms with Gasteiger partial charge in [-0.25, -0.2) is 4.39 Å². The number of rotatable bonds is 3. The van der Waals surface area contributed by atoms with Gasteiger partial charge in [-0.2, -0.15) is 0 Å². The first kappa shape index (κ1) is 13.5. The number of carboxylic acids is 1. The van der Waals surface area contributed by atoms with E-state index < -0.39 is 5.97 Å². The number of benzene rings is 1. The number of piperidine rings is 1. The summed E-state index contributed by atoms with van der Waals surface area (Å²) in [6.45, 7) is 2.14. The zero-order valence-electron chi connectivity index (χ0n) is 9.90. The molecular formula is C13H15BrFNO2. The maximum absolute atomic E-state index is 13.1. The minimum atomic E-state index is -0.722. The first-order valence-corrected chi connectivity index (χ1v) is 6.74. The Morgan fingerprint density at radius 1 is 1.56 bits per heavy atom. The molecule has 18 heavy (non-hydrogen) atoms. The van der Waals surface area contributed by atoms with Crippen LogP contribution in [0.1, 0.15) is 18.4 Å². The maximum atomic E-state index is 13.1. The van der Waals surface area contributed by atoms with Gasteiger partial charge in [0.2, 0.25) is 0 Å². The lowest BCUT2D eigenvalue weighted by atomic mass is 9.98. The van der Waals surface area contributed by atoms with E-state index in [0.717, 1.165) is 24.9 Å². The maximum Gasteiger partial charge on any atom is 0.307 e. The van der Waals surface area contributed by atoms with Crippen LogP contribution in [0, 0.1) is 11.7 Å². The topological polar surface area (TPSA) is 40.5 Å². The molecular weight excluding hydrogens is 301 g/mol. The van der Waals surface area contributed by atoms with Gasteiger partial charge >= 0.3 is 5.97 Å². The van der Waals surface area contributed by atoms with Crippen LogP contribution in [0.4, 0.5) is 4.39 Å². The minimum absolute atomic E-state index is 0.275. The summed E-state index contributed by atoms with van der Waals surface area (Å²) in [5.74, 6) is -1.27. The third-order valence-electron chi connectivity index (χ3n) is 3.24. The molecule has 1 aromatic rings. The van der Waals surface area contributed by atoms with Crippen LogP contribution in [0.5, 0.6) is 0 Å². The summed E-state index contributed by atoms with van der Waals surface area (Å²) in [5.41, 5.74) is 0.995. The van der Waals surface area contributed by atoms with Crippen molar-refractivity contribution in [3.8, 4) is 0 Å². The van der Waals surface area contributed by atoms with Gasteiger partial charge in [0.25, 0.3) is 0 Å². The Hall–Kier alpha value is -0.940. The van der Waals surface area contributed by atoms with Gasteiger partial charge in [0.15, 0.2) is 0 Å². The minimum Gasteiger partial charge on any atom is -0.481 e. The van der Waals surface area contributed by atoms with E-state index >= 15 is 0 Å². The predicted octanol–water partition coefficient (Wildman–Crippen LogP) is 2.88. The molecule has 1 aromatic carbocycles. The van der Waals surface area contributed by atoms with Crippen LogP contribution in [0.3, 0.4) is 0 Å². The lowest BCUT2D eigenvalue weighted by Gasteiger charge is -2.30. The van der Waals surface area contributed by atoms with E-state index in [1.54, 1.807) is 12.1 Å². The average molecular weight is 316 g/mol. The van der Waals surface area contributed by atoms with Gasteiger partial charge in [-0.3, -0.25) is 9.69 Å². The fraction of sp³-hybridized carbons (Fsp3) is 0.462. The van der Waals surface area contributed by atoms with Crippen LogP contribution in [0.15, 0.2) is 22.7 Å². The summed E-state index contributed by atoms with van der Waals surface area (Å²) in [6, 6.07) is 4.92. The SMILES string of the molecule is O=C(O)[C@H]1CCCN(Cc2ccc(F)c(Br)c2)C1. The standard InChI is InChI=1S/C13H15BrFNO2/c14-11-6-9(3-4-12(11)15)7-16-5-1-2-10(8-16)13(17)18/h3-4,6,10H,1-2,5,7-8H2,(H,17,18)/t10-/m0/s1. The Bertz CT molecular complexity index is 453. The number of nitrogens with zero attached hydrogens (tertiary/aromatic N) is 1. The Labute approximate surface area is 114 Å². The lowest BCUT2D eigenvalue weighted by Crippen LogP contribution is -2.38. The molecule has 0 saturated carbocycles. The van der Waals surface area contributed by atoms with E-state index in [-0.39, 0.29) is 11.7 Å². The average Bonchev–Trinajstić information content (AvgIpc) is 2.34. The second-order valence-corrected chi connectivity index (χ2v) is 5.52. The van der Waals surface area contributed by atoms with Crippen molar-refractivity contribution in [2.45, 2.75) is 19.4 Å². The van der Waals surface area contributed by atoms with E-state index in [2.05, 4.69) is 20.8 Å². The third-order valence-corrected chi connectivity index (χ3v) is 3.85. The van der Waals surface area contributed by atoms with Gasteiger partial charge in [-0.1, -0.05) is 6.07 Å². The molecule has 0 aliphatic carbocycles. The van der Waals surface area contributed by atoms with Gasteiger partial charge in [-0.05, 0) is 53.0 Å². The normalized spacial score (nSPS) is 20.9. The second kappa shape index (κ2) is 5.80. The zero-order chi connectivity index (χ0) is 13.1.